The van der Waals surface area contributed by atoms with Crippen LogP contribution in [0.1, 0.15) is 23.0 Å². The van der Waals surface area contributed by atoms with Gasteiger partial charge >= 0.3 is 0 Å². The quantitative estimate of drug-likeness (QED) is 0.586. The molecule has 0 aliphatic heterocycles. The van der Waals surface area contributed by atoms with E-state index in [0.717, 1.165) is 5.56 Å². The Morgan fingerprint density at radius 2 is 1.92 bits per heavy atom. The smallest absolute Gasteiger partial charge is 0.287 e. The number of furan rings is 1. The molecule has 2 aromatic rings. The number of rotatable bonds is 7. The first-order valence-corrected chi connectivity index (χ1v) is 7.42. The van der Waals surface area contributed by atoms with E-state index >= 15 is 0 Å². The molecule has 8 nitrogen and oxygen atoms in total. The summed E-state index contributed by atoms with van der Waals surface area (Å²) in [6, 6.07) is 8.39. The number of hydrogen-bond donors (Lipinski definition) is 2. The number of nitrogens with zero attached hydrogens (tertiary/aromatic N) is 1. The second-order valence-electron chi connectivity index (χ2n) is 4.96. The maximum atomic E-state index is 11.8. The van der Waals surface area contributed by atoms with Crippen molar-refractivity contribution in [2.24, 2.45) is 5.10 Å². The van der Waals surface area contributed by atoms with Crippen LogP contribution < -0.4 is 20.2 Å². The van der Waals surface area contributed by atoms with Gasteiger partial charge in [-0.3, -0.25) is 9.59 Å². The predicted molar refractivity (Wildman–Crippen MR) is 90.9 cm³/mol. The molecular weight excluding hydrogens is 326 g/mol. The van der Waals surface area contributed by atoms with Crippen molar-refractivity contribution in [3.63, 3.8) is 0 Å². The van der Waals surface area contributed by atoms with Crippen LogP contribution in [-0.2, 0) is 4.79 Å². The molecule has 1 aromatic carbocycles. The summed E-state index contributed by atoms with van der Waals surface area (Å²) in [5.41, 5.74) is 3.72. The number of carbonyl (C=O) groups excluding carboxylic acids is 2. The van der Waals surface area contributed by atoms with Gasteiger partial charge in [0.25, 0.3) is 11.8 Å². The van der Waals surface area contributed by atoms with Crippen LogP contribution in [0.5, 0.6) is 11.5 Å². The molecule has 0 aliphatic carbocycles. The van der Waals surface area contributed by atoms with E-state index in [1.807, 2.05) is 0 Å². The summed E-state index contributed by atoms with van der Waals surface area (Å²) < 4.78 is 15.3. The number of hydrogen-bond acceptors (Lipinski definition) is 6. The van der Waals surface area contributed by atoms with Gasteiger partial charge < -0.3 is 19.2 Å². The highest BCUT2D eigenvalue weighted by molar-refractivity contribution is 6.00. The lowest BCUT2D eigenvalue weighted by molar-refractivity contribution is -0.120. The van der Waals surface area contributed by atoms with E-state index in [-0.39, 0.29) is 12.3 Å². The van der Waals surface area contributed by atoms with Gasteiger partial charge in [-0.1, -0.05) is 0 Å². The molecule has 1 heterocycles. The van der Waals surface area contributed by atoms with Crippen molar-refractivity contribution in [1.29, 1.82) is 0 Å². The molecule has 0 bridgehead atoms. The average Bonchev–Trinajstić information content (AvgIpc) is 3.18. The zero-order chi connectivity index (χ0) is 18.2. The second kappa shape index (κ2) is 8.53. The Morgan fingerprint density at radius 3 is 2.56 bits per heavy atom. The normalized spacial score (nSPS) is 10.9. The number of hydrazone groups is 1. The minimum absolute atomic E-state index is 0.137. The van der Waals surface area contributed by atoms with Crippen molar-refractivity contribution >= 4 is 17.5 Å². The van der Waals surface area contributed by atoms with Gasteiger partial charge in [0.05, 0.1) is 32.7 Å². The van der Waals surface area contributed by atoms with Gasteiger partial charge in [0.1, 0.15) is 0 Å². The molecule has 0 saturated heterocycles. The highest BCUT2D eigenvalue weighted by atomic mass is 16.5. The van der Waals surface area contributed by atoms with Gasteiger partial charge in [0, 0.05) is 5.56 Å². The van der Waals surface area contributed by atoms with Crippen LogP contribution in [0.2, 0.25) is 0 Å². The Kier molecular flexibility index (Phi) is 6.16. The molecule has 0 unspecified atom stereocenters. The molecule has 0 fully saturated rings. The van der Waals surface area contributed by atoms with Crippen molar-refractivity contribution in [3.8, 4) is 11.5 Å². The lowest BCUT2D eigenvalue weighted by Crippen LogP contribution is -2.35. The van der Waals surface area contributed by atoms with Gasteiger partial charge in [-0.25, -0.2) is 5.43 Å². The average molecular weight is 345 g/mol. The van der Waals surface area contributed by atoms with Crippen LogP contribution in [0, 0.1) is 0 Å². The number of nitrogens with one attached hydrogen (secondary N) is 2. The van der Waals surface area contributed by atoms with Crippen molar-refractivity contribution in [2.75, 3.05) is 20.8 Å². The Bertz CT molecular complexity index is 769. The van der Waals surface area contributed by atoms with E-state index in [1.165, 1.54) is 19.4 Å². The first-order valence-electron chi connectivity index (χ1n) is 7.42. The third-order valence-corrected chi connectivity index (χ3v) is 3.30. The van der Waals surface area contributed by atoms with Crippen molar-refractivity contribution in [3.05, 3.63) is 47.9 Å². The number of amides is 2. The fourth-order valence-electron chi connectivity index (χ4n) is 1.97. The maximum Gasteiger partial charge on any atom is 0.287 e. The third kappa shape index (κ3) is 4.84. The minimum Gasteiger partial charge on any atom is -0.493 e. The zero-order valence-corrected chi connectivity index (χ0v) is 14.2. The zero-order valence-electron chi connectivity index (χ0n) is 14.2. The summed E-state index contributed by atoms with van der Waals surface area (Å²) in [5, 5.41) is 6.44. The van der Waals surface area contributed by atoms with Gasteiger partial charge in [0.2, 0.25) is 0 Å². The third-order valence-electron chi connectivity index (χ3n) is 3.30. The van der Waals surface area contributed by atoms with Gasteiger partial charge in [-0.2, -0.15) is 5.10 Å². The number of ether oxygens (including phenoxy) is 2. The molecule has 0 spiro atoms. The van der Waals surface area contributed by atoms with Crippen LogP contribution >= 0.6 is 0 Å². The molecule has 0 saturated carbocycles. The number of benzene rings is 1. The lowest BCUT2D eigenvalue weighted by Gasteiger charge is -2.09. The van der Waals surface area contributed by atoms with Crippen LogP contribution in [0.3, 0.4) is 0 Å². The molecule has 2 amide bonds. The van der Waals surface area contributed by atoms with E-state index < -0.39 is 11.8 Å². The highest BCUT2D eigenvalue weighted by Gasteiger charge is 2.10. The summed E-state index contributed by atoms with van der Waals surface area (Å²) in [6.45, 7) is 1.52. The molecule has 0 atom stereocenters. The standard InChI is InChI=1S/C17H19N3O5/c1-11(12-6-7-13(23-2)15(9-12)24-3)19-20-16(21)10-18-17(22)14-5-4-8-25-14/h4-9H,10H2,1-3H3,(H,18,22)(H,20,21)/b19-11-. The highest BCUT2D eigenvalue weighted by Crippen LogP contribution is 2.27. The van der Waals surface area contributed by atoms with Crippen molar-refractivity contribution < 1.29 is 23.5 Å². The summed E-state index contributed by atoms with van der Waals surface area (Å²) in [6.07, 6.45) is 1.38. The number of carbonyl (C=O) groups is 2. The Balaban J connectivity index is 1.91. The Hall–Kier alpha value is -3.29. The van der Waals surface area contributed by atoms with E-state index in [1.54, 1.807) is 38.3 Å². The van der Waals surface area contributed by atoms with Crippen LogP contribution in [-0.4, -0.2) is 38.3 Å². The fraction of sp³-hybridized carbons (Fsp3) is 0.235. The molecule has 132 valence electrons. The molecular formula is C17H19N3O5. The molecule has 2 N–H and O–H groups in total. The van der Waals surface area contributed by atoms with E-state index in [0.29, 0.717) is 17.2 Å². The molecule has 0 aliphatic rings. The maximum absolute atomic E-state index is 11.8. The van der Waals surface area contributed by atoms with E-state index in [9.17, 15) is 9.59 Å². The first kappa shape index (κ1) is 18.1. The SMILES string of the molecule is COc1ccc(/C(C)=N\NC(=O)CNC(=O)c2ccco2)cc1OC. The van der Waals surface area contributed by atoms with Crippen LogP contribution in [0.15, 0.2) is 46.1 Å². The van der Waals surface area contributed by atoms with E-state index in [2.05, 4.69) is 15.8 Å². The predicted octanol–water partition coefficient (Wildman–Crippen LogP) is 1.57. The molecule has 1 aromatic heterocycles. The number of methoxy groups -OCH3 is 2. The fourth-order valence-corrected chi connectivity index (χ4v) is 1.97. The molecule has 25 heavy (non-hydrogen) atoms. The molecule has 2 rings (SSSR count). The van der Waals surface area contributed by atoms with Gasteiger partial charge in [-0.15, -0.1) is 0 Å². The summed E-state index contributed by atoms with van der Waals surface area (Å²) in [7, 11) is 3.09. The summed E-state index contributed by atoms with van der Waals surface area (Å²) in [4.78, 5) is 23.4. The summed E-state index contributed by atoms with van der Waals surface area (Å²) >= 11 is 0. The molecule has 0 radical (unpaired) electrons. The monoisotopic (exact) mass is 345 g/mol. The van der Waals surface area contributed by atoms with Crippen LogP contribution in [0.4, 0.5) is 0 Å². The van der Waals surface area contributed by atoms with Crippen molar-refractivity contribution in [1.82, 2.24) is 10.7 Å². The lowest BCUT2D eigenvalue weighted by atomic mass is 10.1. The second-order valence-corrected chi connectivity index (χ2v) is 4.96. The largest absolute Gasteiger partial charge is 0.493 e. The minimum atomic E-state index is -0.472. The van der Waals surface area contributed by atoms with Gasteiger partial charge in [0.15, 0.2) is 17.3 Å². The Morgan fingerprint density at radius 1 is 1.16 bits per heavy atom. The topological polar surface area (TPSA) is 102 Å². The first-order chi connectivity index (χ1) is 12.0. The Labute approximate surface area is 144 Å². The van der Waals surface area contributed by atoms with Crippen molar-refractivity contribution in [2.45, 2.75) is 6.92 Å². The van der Waals surface area contributed by atoms with E-state index in [4.69, 9.17) is 13.9 Å². The molecule has 8 heteroatoms. The summed E-state index contributed by atoms with van der Waals surface area (Å²) in [5.74, 6) is 0.369. The van der Waals surface area contributed by atoms with Gasteiger partial charge in [-0.05, 0) is 37.3 Å². The van der Waals surface area contributed by atoms with Crippen LogP contribution in [0.25, 0.3) is 0 Å².